The molecule has 2 atom stereocenters. The molecule has 48 heavy (non-hydrogen) atoms. The molecule has 0 aliphatic heterocycles. The molecule has 2 unspecified atom stereocenters. The fraction of sp³-hybridized carbons (Fsp3) is 0.476. The van der Waals surface area contributed by atoms with Gasteiger partial charge < -0.3 is 9.47 Å². The lowest BCUT2D eigenvalue weighted by Crippen LogP contribution is -2.08. The van der Waals surface area contributed by atoms with Crippen LogP contribution in [-0.4, -0.2) is 23.2 Å². The van der Waals surface area contributed by atoms with Crippen LogP contribution >= 0.6 is 0 Å². The maximum atomic E-state index is 10.1. The fourth-order valence-electron chi connectivity index (χ4n) is 5.58. The van der Waals surface area contributed by atoms with Crippen LogP contribution in [0.1, 0.15) is 115 Å². The number of pyridine rings is 2. The molecule has 0 amide bonds. The van der Waals surface area contributed by atoms with E-state index in [2.05, 4.69) is 63.6 Å². The van der Waals surface area contributed by atoms with Crippen molar-refractivity contribution in [1.29, 1.82) is 10.5 Å². The predicted molar refractivity (Wildman–Crippen MR) is 198 cm³/mol. The number of nitriles is 2. The van der Waals surface area contributed by atoms with E-state index in [9.17, 15) is 10.5 Å². The number of aromatic nitrogens is 2. The van der Waals surface area contributed by atoms with Gasteiger partial charge in [-0.15, -0.1) is 0 Å². The summed E-state index contributed by atoms with van der Waals surface area (Å²) in [7, 11) is 0. The minimum atomic E-state index is 0.506. The molecule has 3 rings (SSSR count). The first-order valence-corrected chi connectivity index (χ1v) is 17.7. The standard InChI is InChI=1S/C42H54N4O2/c1-31(2)9-7-11-33(5)17-23-47-41-27-38(26-40(30-44)36-15-21-46-22-16-36)42(48-24-18-34(6)12-8-10-32(3)4)28-37(41)25-39(29-43)35-13-19-45-20-14-35/h13-16,19-22,25-28,31-34H,7-12,17-18,23-24H2,1-6H3/b39-25-,40-26-. The van der Waals surface area contributed by atoms with Crippen molar-refractivity contribution in [2.45, 2.75) is 92.9 Å². The van der Waals surface area contributed by atoms with Gasteiger partial charge in [0, 0.05) is 35.9 Å². The van der Waals surface area contributed by atoms with Crippen molar-refractivity contribution in [3.63, 3.8) is 0 Å². The number of benzene rings is 1. The van der Waals surface area contributed by atoms with Crippen LogP contribution in [0.5, 0.6) is 11.5 Å². The van der Waals surface area contributed by atoms with Gasteiger partial charge in [0.25, 0.3) is 0 Å². The SMILES string of the molecule is CC(C)CCCC(C)CCOc1cc(/C=C(/C#N)c2ccncc2)c(OCCC(C)CCCC(C)C)cc1/C=C(/C#N)c1ccncc1. The topological polar surface area (TPSA) is 91.8 Å². The van der Waals surface area contributed by atoms with Gasteiger partial charge in [0.2, 0.25) is 0 Å². The van der Waals surface area contributed by atoms with Gasteiger partial charge in [0.05, 0.1) is 36.5 Å². The van der Waals surface area contributed by atoms with E-state index in [1.165, 1.54) is 38.5 Å². The molecule has 6 nitrogen and oxygen atoms in total. The summed E-state index contributed by atoms with van der Waals surface area (Å²) in [5.41, 5.74) is 4.09. The third kappa shape index (κ3) is 13.4. The molecule has 1 aromatic carbocycles. The number of hydrogen-bond acceptors (Lipinski definition) is 6. The van der Waals surface area contributed by atoms with Crippen LogP contribution < -0.4 is 9.47 Å². The quantitative estimate of drug-likeness (QED) is 0.113. The van der Waals surface area contributed by atoms with Crippen LogP contribution in [0.15, 0.2) is 61.2 Å². The fourth-order valence-corrected chi connectivity index (χ4v) is 5.58. The molecule has 0 saturated heterocycles. The summed E-state index contributed by atoms with van der Waals surface area (Å²) < 4.78 is 13.0. The van der Waals surface area contributed by atoms with Crippen molar-refractivity contribution in [3.05, 3.63) is 83.4 Å². The van der Waals surface area contributed by atoms with Crippen molar-refractivity contribution < 1.29 is 9.47 Å². The first-order valence-electron chi connectivity index (χ1n) is 17.7. The molecule has 0 saturated carbocycles. The van der Waals surface area contributed by atoms with Crippen LogP contribution in [0.25, 0.3) is 23.3 Å². The van der Waals surface area contributed by atoms with Crippen LogP contribution in [0.2, 0.25) is 0 Å². The zero-order valence-corrected chi connectivity index (χ0v) is 29.9. The van der Waals surface area contributed by atoms with E-state index >= 15 is 0 Å². The average molecular weight is 647 g/mol. The highest BCUT2D eigenvalue weighted by Crippen LogP contribution is 2.35. The third-order valence-corrected chi connectivity index (χ3v) is 8.66. The van der Waals surface area contributed by atoms with Gasteiger partial charge in [-0.25, -0.2) is 0 Å². The first kappa shape index (κ1) is 38.0. The number of allylic oxidation sites excluding steroid dienone is 2. The van der Waals surface area contributed by atoms with E-state index < -0.39 is 0 Å². The zero-order chi connectivity index (χ0) is 34.7. The summed E-state index contributed by atoms with van der Waals surface area (Å²) in [6, 6.07) is 16.0. The van der Waals surface area contributed by atoms with Gasteiger partial charge in [0.1, 0.15) is 11.5 Å². The Morgan fingerprint density at radius 2 is 0.979 bits per heavy atom. The van der Waals surface area contributed by atoms with Gasteiger partial charge in [-0.3, -0.25) is 9.97 Å². The zero-order valence-electron chi connectivity index (χ0n) is 29.9. The van der Waals surface area contributed by atoms with E-state index in [-0.39, 0.29) is 0 Å². The molecule has 0 aliphatic carbocycles. The lowest BCUT2D eigenvalue weighted by Gasteiger charge is -2.18. The lowest BCUT2D eigenvalue weighted by atomic mass is 9.97. The van der Waals surface area contributed by atoms with Crippen LogP contribution in [0.3, 0.4) is 0 Å². The van der Waals surface area contributed by atoms with Crippen molar-refractivity contribution in [2.75, 3.05) is 13.2 Å². The molecule has 2 heterocycles. The molecular weight excluding hydrogens is 592 g/mol. The molecule has 6 heteroatoms. The van der Waals surface area contributed by atoms with E-state index in [1.54, 1.807) is 24.8 Å². The maximum absolute atomic E-state index is 10.1. The second kappa shape index (κ2) is 20.7. The van der Waals surface area contributed by atoms with Crippen LogP contribution in [0.4, 0.5) is 0 Å². The highest BCUT2D eigenvalue weighted by molar-refractivity contribution is 5.93. The van der Waals surface area contributed by atoms with Gasteiger partial charge >= 0.3 is 0 Å². The van der Waals surface area contributed by atoms with E-state index in [0.717, 1.165) is 35.1 Å². The number of nitrogens with zero attached hydrogens (tertiary/aromatic N) is 4. The molecule has 0 fully saturated rings. The monoisotopic (exact) mass is 646 g/mol. The Labute approximate surface area is 289 Å². The average Bonchev–Trinajstić information content (AvgIpc) is 3.07. The van der Waals surface area contributed by atoms with Crippen molar-refractivity contribution in [1.82, 2.24) is 9.97 Å². The summed E-state index contributed by atoms with van der Waals surface area (Å²) in [4.78, 5) is 8.24. The highest BCUT2D eigenvalue weighted by Gasteiger charge is 2.15. The second-order valence-corrected chi connectivity index (χ2v) is 13.9. The normalized spacial score (nSPS) is 13.2. The van der Waals surface area contributed by atoms with Crippen LogP contribution in [0, 0.1) is 46.3 Å². The smallest absolute Gasteiger partial charge is 0.127 e. The van der Waals surface area contributed by atoms with Crippen molar-refractivity contribution in [3.8, 4) is 23.6 Å². The number of ether oxygens (including phenoxy) is 2. The maximum Gasteiger partial charge on any atom is 0.127 e. The second-order valence-electron chi connectivity index (χ2n) is 13.9. The molecule has 0 N–H and O–H groups in total. The molecule has 0 aliphatic rings. The number of rotatable bonds is 20. The van der Waals surface area contributed by atoms with Gasteiger partial charge in [-0.05, 0) is 96.2 Å². The Kier molecular flexibility index (Phi) is 16.4. The lowest BCUT2D eigenvalue weighted by molar-refractivity contribution is 0.268. The Morgan fingerprint density at radius 1 is 0.604 bits per heavy atom. The van der Waals surface area contributed by atoms with Crippen LogP contribution in [-0.2, 0) is 0 Å². The minimum absolute atomic E-state index is 0.506. The van der Waals surface area contributed by atoms with E-state index in [1.807, 2.05) is 48.6 Å². The molecular formula is C42H54N4O2. The molecule has 2 aromatic heterocycles. The molecule has 0 bridgehead atoms. The number of hydrogen-bond donors (Lipinski definition) is 0. The van der Waals surface area contributed by atoms with E-state index in [0.29, 0.717) is 59.5 Å². The molecule has 254 valence electrons. The first-order chi connectivity index (χ1) is 23.2. The largest absolute Gasteiger partial charge is 0.493 e. The third-order valence-electron chi connectivity index (χ3n) is 8.66. The van der Waals surface area contributed by atoms with Gasteiger partial charge in [-0.2, -0.15) is 10.5 Å². The highest BCUT2D eigenvalue weighted by atomic mass is 16.5. The summed E-state index contributed by atoms with van der Waals surface area (Å²) in [5.74, 6) is 3.80. The summed E-state index contributed by atoms with van der Waals surface area (Å²) in [6.07, 6.45) is 19.6. The molecule has 3 aromatic rings. The Morgan fingerprint density at radius 3 is 1.31 bits per heavy atom. The minimum Gasteiger partial charge on any atom is -0.493 e. The van der Waals surface area contributed by atoms with Crippen molar-refractivity contribution >= 4 is 23.3 Å². The Hall–Kier alpha value is -4.42. The van der Waals surface area contributed by atoms with Crippen molar-refractivity contribution in [2.24, 2.45) is 23.7 Å². The summed E-state index contributed by atoms with van der Waals surface area (Å²) in [6.45, 7) is 14.7. The van der Waals surface area contributed by atoms with Gasteiger partial charge in [-0.1, -0.05) is 80.1 Å². The predicted octanol–water partition coefficient (Wildman–Crippen LogP) is 11.1. The van der Waals surface area contributed by atoms with E-state index in [4.69, 9.17) is 9.47 Å². The molecule has 0 radical (unpaired) electrons. The van der Waals surface area contributed by atoms with Gasteiger partial charge in [0.15, 0.2) is 0 Å². The summed E-state index contributed by atoms with van der Waals surface area (Å²) in [5, 5.41) is 20.3. The Balaban J connectivity index is 2.00. The Bertz CT molecular complexity index is 1410. The molecule has 0 spiro atoms. The summed E-state index contributed by atoms with van der Waals surface area (Å²) >= 11 is 0.